The van der Waals surface area contributed by atoms with Gasteiger partial charge in [-0.15, -0.1) is 0 Å². The summed E-state index contributed by atoms with van der Waals surface area (Å²) in [5.41, 5.74) is 1.91. The summed E-state index contributed by atoms with van der Waals surface area (Å²) in [6.45, 7) is 0.569. The van der Waals surface area contributed by atoms with Crippen molar-refractivity contribution in [1.29, 1.82) is 0 Å². The van der Waals surface area contributed by atoms with Crippen LogP contribution < -0.4 is 0 Å². The van der Waals surface area contributed by atoms with Crippen LogP contribution in [0.25, 0.3) is 11.0 Å². The second kappa shape index (κ2) is 5.70. The number of carbonyl (C=O) groups is 1. The van der Waals surface area contributed by atoms with Crippen LogP contribution in [0.5, 0.6) is 0 Å². The third-order valence-electron chi connectivity index (χ3n) is 4.40. The Morgan fingerprint density at radius 1 is 1.17 bits per heavy atom. The molecule has 6 heteroatoms. The minimum atomic E-state index is -1.01. The number of nitrogens with one attached hydrogen (secondary N) is 1. The summed E-state index contributed by atoms with van der Waals surface area (Å²) in [5, 5.41) is 0. The van der Waals surface area contributed by atoms with Crippen LogP contribution in [0.15, 0.2) is 42.5 Å². The first-order valence-electron chi connectivity index (χ1n) is 7.84. The Hall–Kier alpha value is -2.76. The maximum atomic E-state index is 13.4. The number of likely N-dealkylation sites (tertiary alicyclic amines) is 1. The quantitative estimate of drug-likeness (QED) is 0.778. The largest absolute Gasteiger partial charge is 0.340 e. The van der Waals surface area contributed by atoms with Crippen LogP contribution in [-0.2, 0) is 0 Å². The SMILES string of the molecule is O=C(c1ccc(F)c(F)c1)N1CCCC1c1nc2ccccc2[nH]1. The van der Waals surface area contributed by atoms with Crippen molar-refractivity contribution in [3.05, 3.63) is 65.5 Å². The number of carbonyl (C=O) groups excluding carboxylic acids is 1. The molecule has 0 radical (unpaired) electrons. The predicted molar refractivity (Wildman–Crippen MR) is 85.5 cm³/mol. The molecule has 2 heterocycles. The molecule has 122 valence electrons. The topological polar surface area (TPSA) is 49.0 Å². The zero-order valence-electron chi connectivity index (χ0n) is 12.8. The van der Waals surface area contributed by atoms with Crippen LogP contribution in [0.3, 0.4) is 0 Å². The van der Waals surface area contributed by atoms with Gasteiger partial charge in [-0.25, -0.2) is 13.8 Å². The standard InChI is InChI=1S/C18H15F2N3O/c19-12-8-7-11(10-13(12)20)18(24)23-9-3-6-16(23)17-21-14-4-1-2-5-15(14)22-17/h1-2,4-5,7-8,10,16H,3,6,9H2,(H,21,22). The fourth-order valence-electron chi connectivity index (χ4n) is 3.22. The summed E-state index contributed by atoms with van der Waals surface area (Å²) in [7, 11) is 0. The van der Waals surface area contributed by atoms with Gasteiger partial charge in [-0.05, 0) is 43.2 Å². The third-order valence-corrected chi connectivity index (χ3v) is 4.40. The van der Waals surface area contributed by atoms with Crippen molar-refractivity contribution in [2.45, 2.75) is 18.9 Å². The van der Waals surface area contributed by atoms with Crippen molar-refractivity contribution in [2.75, 3.05) is 6.54 Å². The molecule has 2 aromatic carbocycles. The smallest absolute Gasteiger partial charge is 0.254 e. The Kier molecular flexibility index (Phi) is 3.52. The number of aromatic amines is 1. The van der Waals surface area contributed by atoms with Crippen molar-refractivity contribution in [2.24, 2.45) is 0 Å². The van der Waals surface area contributed by atoms with E-state index in [1.165, 1.54) is 6.07 Å². The highest BCUT2D eigenvalue weighted by Crippen LogP contribution is 2.32. The van der Waals surface area contributed by atoms with E-state index in [9.17, 15) is 13.6 Å². The predicted octanol–water partition coefficient (Wildman–Crippen LogP) is 3.82. The fraction of sp³-hybridized carbons (Fsp3) is 0.222. The van der Waals surface area contributed by atoms with E-state index in [2.05, 4.69) is 9.97 Å². The summed E-state index contributed by atoms with van der Waals surface area (Å²) < 4.78 is 26.5. The number of hydrogen-bond donors (Lipinski definition) is 1. The molecule has 0 aliphatic carbocycles. The molecule has 1 saturated heterocycles. The molecule has 0 bridgehead atoms. The minimum Gasteiger partial charge on any atom is -0.340 e. The molecule has 1 aromatic heterocycles. The Labute approximate surface area is 137 Å². The normalized spacial score (nSPS) is 17.6. The highest BCUT2D eigenvalue weighted by molar-refractivity contribution is 5.94. The molecule has 4 rings (SSSR count). The summed E-state index contributed by atoms with van der Waals surface area (Å²) in [6.07, 6.45) is 1.63. The number of imidazole rings is 1. The molecule has 1 aliphatic rings. The maximum absolute atomic E-state index is 13.4. The van der Waals surface area contributed by atoms with Gasteiger partial charge in [-0.1, -0.05) is 12.1 Å². The zero-order chi connectivity index (χ0) is 16.7. The Morgan fingerprint density at radius 2 is 2.00 bits per heavy atom. The third kappa shape index (κ3) is 2.44. The number of benzene rings is 2. The second-order valence-corrected chi connectivity index (χ2v) is 5.92. The van der Waals surface area contributed by atoms with Gasteiger partial charge < -0.3 is 9.88 Å². The Bertz CT molecular complexity index is 889. The van der Waals surface area contributed by atoms with E-state index < -0.39 is 11.6 Å². The maximum Gasteiger partial charge on any atom is 0.254 e. The number of amides is 1. The zero-order valence-corrected chi connectivity index (χ0v) is 12.8. The lowest BCUT2D eigenvalue weighted by atomic mass is 10.1. The Morgan fingerprint density at radius 3 is 2.79 bits per heavy atom. The number of fused-ring (bicyclic) bond motifs is 1. The lowest BCUT2D eigenvalue weighted by molar-refractivity contribution is 0.0730. The number of hydrogen-bond acceptors (Lipinski definition) is 2. The minimum absolute atomic E-state index is 0.150. The van der Waals surface area contributed by atoms with Gasteiger partial charge in [0.15, 0.2) is 11.6 Å². The molecular weight excluding hydrogens is 312 g/mol. The molecular formula is C18H15F2N3O. The number of rotatable bonds is 2. The van der Waals surface area contributed by atoms with Crippen molar-refractivity contribution >= 4 is 16.9 Å². The van der Waals surface area contributed by atoms with Gasteiger partial charge in [0.25, 0.3) is 5.91 Å². The molecule has 1 amide bonds. The summed E-state index contributed by atoms with van der Waals surface area (Å²) >= 11 is 0. The number of para-hydroxylation sites is 2. The molecule has 1 aliphatic heterocycles. The monoisotopic (exact) mass is 327 g/mol. The van der Waals surface area contributed by atoms with E-state index >= 15 is 0 Å². The van der Waals surface area contributed by atoms with E-state index in [1.807, 2.05) is 24.3 Å². The van der Waals surface area contributed by atoms with Crippen molar-refractivity contribution in [3.8, 4) is 0 Å². The first-order chi connectivity index (χ1) is 11.6. The number of H-pyrrole nitrogens is 1. The average molecular weight is 327 g/mol. The first kappa shape index (κ1) is 14.8. The van der Waals surface area contributed by atoms with Gasteiger partial charge in [0.1, 0.15) is 5.82 Å². The molecule has 1 N–H and O–H groups in total. The van der Waals surface area contributed by atoms with Crippen LogP contribution in [0, 0.1) is 11.6 Å². The molecule has 1 atom stereocenters. The first-order valence-corrected chi connectivity index (χ1v) is 7.84. The van der Waals surface area contributed by atoms with E-state index in [4.69, 9.17) is 0 Å². The van der Waals surface area contributed by atoms with Crippen molar-refractivity contribution in [3.63, 3.8) is 0 Å². The van der Waals surface area contributed by atoms with Crippen LogP contribution in [0.2, 0.25) is 0 Å². The Balaban J connectivity index is 1.66. The number of nitrogens with zero attached hydrogens (tertiary/aromatic N) is 2. The number of halogens is 2. The molecule has 24 heavy (non-hydrogen) atoms. The van der Waals surface area contributed by atoms with Crippen LogP contribution in [0.4, 0.5) is 8.78 Å². The second-order valence-electron chi connectivity index (χ2n) is 5.92. The van der Waals surface area contributed by atoms with Crippen molar-refractivity contribution in [1.82, 2.24) is 14.9 Å². The molecule has 0 saturated carbocycles. The van der Waals surface area contributed by atoms with Crippen LogP contribution in [0.1, 0.15) is 35.1 Å². The lowest BCUT2D eigenvalue weighted by Gasteiger charge is -2.23. The average Bonchev–Trinajstić information content (AvgIpc) is 3.22. The van der Waals surface area contributed by atoms with Crippen molar-refractivity contribution < 1.29 is 13.6 Å². The molecule has 3 aromatic rings. The summed E-state index contributed by atoms with van der Waals surface area (Å²) in [4.78, 5) is 22.2. The molecule has 0 spiro atoms. The lowest BCUT2D eigenvalue weighted by Crippen LogP contribution is -2.31. The van der Waals surface area contributed by atoms with Crippen LogP contribution in [-0.4, -0.2) is 27.3 Å². The summed E-state index contributed by atoms with van der Waals surface area (Å²) in [6, 6.07) is 10.7. The van der Waals surface area contributed by atoms with Gasteiger partial charge >= 0.3 is 0 Å². The van der Waals surface area contributed by atoms with Gasteiger partial charge in [0.05, 0.1) is 17.1 Å². The fourth-order valence-corrected chi connectivity index (χ4v) is 3.22. The van der Waals surface area contributed by atoms with Gasteiger partial charge in [0.2, 0.25) is 0 Å². The van der Waals surface area contributed by atoms with Gasteiger partial charge in [-0.3, -0.25) is 4.79 Å². The van der Waals surface area contributed by atoms with Gasteiger partial charge in [-0.2, -0.15) is 0 Å². The molecule has 1 fully saturated rings. The van der Waals surface area contributed by atoms with Gasteiger partial charge in [0, 0.05) is 12.1 Å². The summed E-state index contributed by atoms with van der Waals surface area (Å²) in [5.74, 6) is -1.55. The van der Waals surface area contributed by atoms with E-state index in [-0.39, 0.29) is 17.5 Å². The number of aromatic nitrogens is 2. The molecule has 1 unspecified atom stereocenters. The van der Waals surface area contributed by atoms with E-state index in [1.54, 1.807) is 4.90 Å². The highest BCUT2D eigenvalue weighted by Gasteiger charge is 2.32. The highest BCUT2D eigenvalue weighted by atomic mass is 19.2. The van der Waals surface area contributed by atoms with Crippen LogP contribution >= 0.6 is 0 Å². The van der Waals surface area contributed by atoms with E-state index in [0.717, 1.165) is 41.8 Å². The molecule has 4 nitrogen and oxygen atoms in total. The van der Waals surface area contributed by atoms with E-state index in [0.29, 0.717) is 6.54 Å².